The molecule has 230 valence electrons. The summed E-state index contributed by atoms with van der Waals surface area (Å²) in [4.78, 5) is 0. The van der Waals surface area contributed by atoms with Crippen LogP contribution in [0.2, 0.25) is 0 Å². The molecule has 0 amide bonds. The molecular formula is C32H84O3. The lowest BCUT2D eigenvalue weighted by atomic mass is 9.79. The van der Waals surface area contributed by atoms with Gasteiger partial charge in [0.1, 0.15) is 0 Å². The predicted molar refractivity (Wildman–Crippen MR) is 174 cm³/mol. The molecule has 0 fully saturated rings. The largest absolute Gasteiger partial charge is 0.385 e. The van der Waals surface area contributed by atoms with Crippen molar-refractivity contribution >= 4 is 0 Å². The normalized spacial score (nSPS) is 9.86. The molecule has 0 rings (SSSR count). The van der Waals surface area contributed by atoms with Gasteiger partial charge in [-0.2, -0.15) is 0 Å². The van der Waals surface area contributed by atoms with E-state index < -0.39 is 0 Å². The fraction of sp³-hybridized carbons (Fsp3) is 1.00. The molecule has 0 aliphatic carbocycles. The van der Waals surface area contributed by atoms with Gasteiger partial charge in [-0.05, 0) is 39.0 Å². The van der Waals surface area contributed by atoms with Crippen molar-refractivity contribution in [2.24, 2.45) is 5.41 Å². The fourth-order valence-corrected chi connectivity index (χ4v) is 1.71. The summed E-state index contributed by atoms with van der Waals surface area (Å²) in [6, 6.07) is 0. The highest BCUT2D eigenvalue weighted by Gasteiger charge is 2.32. The van der Waals surface area contributed by atoms with Crippen LogP contribution in [0.15, 0.2) is 0 Å². The van der Waals surface area contributed by atoms with Crippen LogP contribution in [0.5, 0.6) is 0 Å². The minimum atomic E-state index is -0.0208. The first-order valence-electron chi connectivity index (χ1n) is 12.0. The van der Waals surface area contributed by atoms with Gasteiger partial charge in [-0.15, -0.1) is 0 Å². The van der Waals surface area contributed by atoms with Crippen LogP contribution in [0.4, 0.5) is 0 Å². The maximum atomic E-state index is 5.30. The molecular weight excluding hydrogens is 432 g/mol. The van der Waals surface area contributed by atoms with Crippen molar-refractivity contribution in [3.05, 3.63) is 0 Å². The molecule has 0 N–H and O–H groups in total. The lowest BCUT2D eigenvalue weighted by Gasteiger charge is -2.37. The van der Waals surface area contributed by atoms with E-state index in [9.17, 15) is 0 Å². The molecule has 0 aromatic rings. The molecule has 0 aromatic carbocycles. The van der Waals surface area contributed by atoms with Gasteiger partial charge in [0, 0.05) is 27.9 Å². The molecule has 0 saturated heterocycles. The zero-order chi connectivity index (χ0) is 23.8. The predicted octanol–water partition coefficient (Wildman–Crippen LogP) is 12.5. The van der Waals surface area contributed by atoms with Crippen molar-refractivity contribution in [1.29, 1.82) is 0 Å². The van der Waals surface area contributed by atoms with Crippen molar-refractivity contribution in [1.82, 2.24) is 0 Å². The molecule has 3 nitrogen and oxygen atoms in total. The summed E-state index contributed by atoms with van der Waals surface area (Å²) in [5.74, 6) is 0. The summed E-state index contributed by atoms with van der Waals surface area (Å²) in [5.41, 5.74) is 0.203. The second-order valence-corrected chi connectivity index (χ2v) is 9.18. The highest BCUT2D eigenvalue weighted by molar-refractivity contribution is 4.82. The minimum Gasteiger partial charge on any atom is -0.385 e. The van der Waals surface area contributed by atoms with Gasteiger partial charge in [0.2, 0.25) is 0 Å². The first-order valence-corrected chi connectivity index (χ1v) is 12.0. The molecule has 0 aliphatic rings. The van der Waals surface area contributed by atoms with Crippen molar-refractivity contribution in [2.45, 2.75) is 183 Å². The highest BCUT2D eigenvalue weighted by atomic mass is 16.5. The van der Waals surface area contributed by atoms with Gasteiger partial charge in [0.15, 0.2) is 0 Å². The smallest absolute Gasteiger partial charge is 0.0670 e. The number of ether oxygens (including phenoxy) is 3. The third-order valence-electron chi connectivity index (χ3n) is 5.41. The summed E-state index contributed by atoms with van der Waals surface area (Å²) >= 11 is 0. The molecule has 0 spiro atoms. The topological polar surface area (TPSA) is 27.7 Å². The standard InChI is InChI=1S/C9H20.C8H18O.C5H12O.C4H10O.6CH4/c1-3-5-7-9-8-6-4-2;1-7(2,3)8(4,5)9-6;1-4-5(2)6-3;1-3-4-5-2;;;;;;/h3-9H2,1-2H3;1-6H3;5H,4H2,1-3H3;3-4H2,1-2H3;6*1H4. The van der Waals surface area contributed by atoms with Crippen LogP contribution >= 0.6 is 0 Å². The maximum absolute atomic E-state index is 5.30. The monoisotopic (exact) mass is 517 g/mol. The summed E-state index contributed by atoms with van der Waals surface area (Å²) < 4.78 is 14.9. The Labute approximate surface area is 230 Å². The van der Waals surface area contributed by atoms with Crippen LogP contribution < -0.4 is 0 Å². The molecule has 0 aromatic heterocycles. The molecule has 3 heteroatoms. The van der Waals surface area contributed by atoms with Gasteiger partial charge in [-0.1, -0.05) is 138 Å². The summed E-state index contributed by atoms with van der Waals surface area (Å²) in [5, 5.41) is 0. The van der Waals surface area contributed by atoms with E-state index in [1.165, 1.54) is 44.9 Å². The fourth-order valence-electron chi connectivity index (χ4n) is 1.71. The van der Waals surface area contributed by atoms with E-state index in [2.05, 4.69) is 69.2 Å². The number of unbranched alkanes of at least 4 members (excludes halogenated alkanes) is 6. The van der Waals surface area contributed by atoms with Gasteiger partial charge in [0.25, 0.3) is 0 Å². The second-order valence-electron chi connectivity index (χ2n) is 9.18. The third kappa shape index (κ3) is 60.4. The van der Waals surface area contributed by atoms with E-state index in [0.29, 0.717) is 6.10 Å². The van der Waals surface area contributed by atoms with Gasteiger partial charge in [-0.3, -0.25) is 0 Å². The average Bonchev–Trinajstić information content (AvgIpc) is 2.68. The first kappa shape index (κ1) is 64.7. The first-order chi connectivity index (χ1) is 13.4. The average molecular weight is 517 g/mol. The second kappa shape index (κ2) is 47.1. The molecule has 0 aliphatic heterocycles. The molecule has 0 heterocycles. The Morgan fingerprint density at radius 3 is 1.00 bits per heavy atom. The molecule has 0 radical (unpaired) electrons. The summed E-state index contributed by atoms with van der Waals surface area (Å²) in [6.45, 7) is 22.4. The van der Waals surface area contributed by atoms with Crippen molar-refractivity contribution < 1.29 is 14.2 Å². The molecule has 0 bridgehead atoms. The maximum Gasteiger partial charge on any atom is 0.0670 e. The van der Waals surface area contributed by atoms with Crippen molar-refractivity contribution in [3.63, 3.8) is 0 Å². The number of hydrogen-bond acceptors (Lipinski definition) is 3. The Bertz CT molecular complexity index is 258. The van der Waals surface area contributed by atoms with E-state index in [1.54, 1.807) is 21.3 Å². The van der Waals surface area contributed by atoms with Gasteiger partial charge in [-0.25, -0.2) is 0 Å². The van der Waals surface area contributed by atoms with E-state index >= 15 is 0 Å². The molecule has 0 saturated carbocycles. The quantitative estimate of drug-likeness (QED) is 0.255. The zero-order valence-corrected chi connectivity index (χ0v) is 22.9. The van der Waals surface area contributed by atoms with Crippen LogP contribution in [0.25, 0.3) is 0 Å². The van der Waals surface area contributed by atoms with E-state index in [0.717, 1.165) is 19.4 Å². The minimum absolute atomic E-state index is 0. The van der Waals surface area contributed by atoms with E-state index in [4.69, 9.17) is 14.2 Å². The Morgan fingerprint density at radius 1 is 0.571 bits per heavy atom. The Kier molecular flexibility index (Phi) is 87.1. The zero-order valence-electron chi connectivity index (χ0n) is 22.9. The Hall–Kier alpha value is -0.120. The van der Waals surface area contributed by atoms with Crippen molar-refractivity contribution in [3.8, 4) is 0 Å². The van der Waals surface area contributed by atoms with Crippen LogP contribution in [0.1, 0.15) is 172 Å². The van der Waals surface area contributed by atoms with Crippen molar-refractivity contribution in [2.75, 3.05) is 27.9 Å². The van der Waals surface area contributed by atoms with Crippen LogP contribution in [-0.2, 0) is 14.2 Å². The number of methoxy groups -OCH3 is 3. The SMILES string of the molecule is C.C.C.C.C.C.CCC(C)OC.CCCCCCCCC.CCCOC.COC(C)(C)C(C)(C)C. The van der Waals surface area contributed by atoms with Crippen LogP contribution in [0.3, 0.4) is 0 Å². The lowest BCUT2D eigenvalue weighted by Crippen LogP contribution is -2.38. The summed E-state index contributed by atoms with van der Waals surface area (Å²) in [7, 11) is 5.20. The molecule has 1 unspecified atom stereocenters. The Morgan fingerprint density at radius 2 is 0.914 bits per heavy atom. The van der Waals surface area contributed by atoms with Gasteiger partial charge < -0.3 is 14.2 Å². The van der Waals surface area contributed by atoms with Gasteiger partial charge >= 0.3 is 0 Å². The third-order valence-corrected chi connectivity index (χ3v) is 5.41. The summed E-state index contributed by atoms with van der Waals surface area (Å²) in [6.07, 6.45) is 12.6. The lowest BCUT2D eigenvalue weighted by molar-refractivity contribution is -0.0620. The van der Waals surface area contributed by atoms with E-state index in [1.807, 2.05) is 0 Å². The number of rotatable bonds is 11. The van der Waals surface area contributed by atoms with Crippen LogP contribution in [0, 0.1) is 5.41 Å². The van der Waals surface area contributed by atoms with E-state index in [-0.39, 0.29) is 55.6 Å². The number of hydrogen-bond donors (Lipinski definition) is 0. The Balaban J connectivity index is -0.0000000288. The highest BCUT2D eigenvalue weighted by Crippen LogP contribution is 2.31. The van der Waals surface area contributed by atoms with Crippen LogP contribution in [-0.4, -0.2) is 39.6 Å². The molecule has 1 atom stereocenters. The van der Waals surface area contributed by atoms with Gasteiger partial charge in [0.05, 0.1) is 11.7 Å². The molecule has 35 heavy (non-hydrogen) atoms.